The van der Waals surface area contributed by atoms with Crippen molar-refractivity contribution in [2.45, 2.75) is 43.7 Å². The highest BCUT2D eigenvalue weighted by Gasteiger charge is 2.39. The van der Waals surface area contributed by atoms with E-state index in [-0.39, 0.29) is 5.91 Å². The molecule has 1 unspecified atom stereocenters. The largest absolute Gasteiger partial charge is 0.492 e. The van der Waals surface area contributed by atoms with Gasteiger partial charge in [-0.3, -0.25) is 9.69 Å². The van der Waals surface area contributed by atoms with Gasteiger partial charge in [0.05, 0.1) is 6.42 Å². The van der Waals surface area contributed by atoms with Crippen molar-refractivity contribution in [3.63, 3.8) is 0 Å². The van der Waals surface area contributed by atoms with Crippen LogP contribution in [0.2, 0.25) is 0 Å². The molecule has 2 fully saturated rings. The van der Waals surface area contributed by atoms with Crippen LogP contribution in [0.25, 0.3) is 0 Å². The Morgan fingerprint density at radius 2 is 1.93 bits per heavy atom. The van der Waals surface area contributed by atoms with Gasteiger partial charge in [0.2, 0.25) is 5.91 Å². The van der Waals surface area contributed by atoms with Gasteiger partial charge in [-0.05, 0) is 61.7 Å². The van der Waals surface area contributed by atoms with Gasteiger partial charge in [-0.15, -0.1) is 0 Å². The summed E-state index contributed by atoms with van der Waals surface area (Å²) >= 11 is 0. The number of carbonyl (C=O) groups excluding carboxylic acids is 1. The summed E-state index contributed by atoms with van der Waals surface area (Å²) in [6.07, 6.45) is 4.16. The minimum atomic E-state index is 0.0647. The predicted molar refractivity (Wildman–Crippen MR) is 114 cm³/mol. The van der Waals surface area contributed by atoms with Crippen molar-refractivity contribution in [3.05, 3.63) is 59.7 Å². The average Bonchev–Trinajstić information content (AvgIpc) is 3.41. The zero-order valence-electron chi connectivity index (χ0n) is 16.8. The molecule has 2 aromatic carbocycles. The van der Waals surface area contributed by atoms with Crippen molar-refractivity contribution in [2.75, 3.05) is 31.6 Å². The van der Waals surface area contributed by atoms with Gasteiger partial charge in [0, 0.05) is 30.2 Å². The molecule has 5 nitrogen and oxygen atoms in total. The highest BCUT2D eigenvalue weighted by molar-refractivity contribution is 5.99. The van der Waals surface area contributed by atoms with E-state index in [9.17, 15) is 4.79 Å². The number of rotatable bonds is 7. The first-order valence-corrected chi connectivity index (χ1v) is 10.8. The molecule has 1 saturated carbocycles. The number of ether oxygens (including phenoxy) is 1. The number of benzene rings is 2. The highest BCUT2D eigenvalue weighted by atomic mass is 16.5. The van der Waals surface area contributed by atoms with Crippen LogP contribution >= 0.6 is 0 Å². The topological polar surface area (TPSA) is 53.6 Å². The molecule has 0 spiro atoms. The summed E-state index contributed by atoms with van der Waals surface area (Å²) in [5.41, 5.74) is 3.43. The Balaban J connectivity index is 1.01. The van der Waals surface area contributed by atoms with E-state index >= 15 is 0 Å². The molecule has 152 valence electrons. The molecule has 2 atom stereocenters. The van der Waals surface area contributed by atoms with Crippen molar-refractivity contribution in [3.8, 4) is 5.75 Å². The van der Waals surface area contributed by atoms with Gasteiger partial charge in [0.1, 0.15) is 12.4 Å². The van der Waals surface area contributed by atoms with Crippen molar-refractivity contribution in [1.82, 2.24) is 10.2 Å². The van der Waals surface area contributed by atoms with Crippen LogP contribution in [-0.2, 0) is 11.2 Å². The van der Waals surface area contributed by atoms with E-state index in [2.05, 4.69) is 45.9 Å². The van der Waals surface area contributed by atoms with Gasteiger partial charge >= 0.3 is 0 Å². The van der Waals surface area contributed by atoms with Crippen molar-refractivity contribution in [1.29, 1.82) is 0 Å². The number of nitrogens with one attached hydrogen (secondary N) is 2. The minimum absolute atomic E-state index is 0.0647. The molecule has 0 bridgehead atoms. The molecule has 5 rings (SSSR count). The number of anilines is 1. The summed E-state index contributed by atoms with van der Waals surface area (Å²) < 4.78 is 5.94. The van der Waals surface area contributed by atoms with Crippen molar-refractivity contribution < 1.29 is 9.53 Å². The van der Waals surface area contributed by atoms with Gasteiger partial charge in [-0.1, -0.05) is 30.3 Å². The monoisotopic (exact) mass is 391 g/mol. The zero-order valence-corrected chi connectivity index (χ0v) is 16.8. The lowest BCUT2D eigenvalue weighted by Gasteiger charge is -2.32. The lowest BCUT2D eigenvalue weighted by Crippen LogP contribution is -2.44. The van der Waals surface area contributed by atoms with Crippen molar-refractivity contribution in [2.24, 2.45) is 0 Å². The van der Waals surface area contributed by atoms with E-state index in [1.54, 1.807) is 0 Å². The van der Waals surface area contributed by atoms with Crippen LogP contribution < -0.4 is 15.4 Å². The van der Waals surface area contributed by atoms with E-state index < -0.39 is 0 Å². The second-order valence-corrected chi connectivity index (χ2v) is 8.53. The molecule has 5 heteroatoms. The van der Waals surface area contributed by atoms with E-state index in [4.69, 9.17) is 4.74 Å². The summed E-state index contributed by atoms with van der Waals surface area (Å²) in [6, 6.07) is 18.1. The van der Waals surface area contributed by atoms with Crippen LogP contribution in [0.1, 0.15) is 36.3 Å². The van der Waals surface area contributed by atoms with Gasteiger partial charge in [0.15, 0.2) is 0 Å². The quantitative estimate of drug-likeness (QED) is 0.761. The Kier molecular flexibility index (Phi) is 5.25. The third-order valence-corrected chi connectivity index (χ3v) is 6.43. The van der Waals surface area contributed by atoms with Crippen LogP contribution in [0.5, 0.6) is 5.75 Å². The van der Waals surface area contributed by atoms with Gasteiger partial charge in [-0.2, -0.15) is 0 Å². The SMILES string of the molecule is O=C1Cc2cc(OCCN3CCC(N[C@@H]4CC4c4ccccc4)CC3)ccc2N1. The lowest BCUT2D eigenvalue weighted by atomic mass is 10.0. The lowest BCUT2D eigenvalue weighted by molar-refractivity contribution is -0.115. The summed E-state index contributed by atoms with van der Waals surface area (Å²) in [5.74, 6) is 1.63. The maximum atomic E-state index is 11.5. The average molecular weight is 392 g/mol. The Morgan fingerprint density at radius 3 is 2.76 bits per heavy atom. The van der Waals surface area contributed by atoms with Gasteiger partial charge < -0.3 is 15.4 Å². The van der Waals surface area contributed by atoms with Crippen LogP contribution in [-0.4, -0.2) is 49.1 Å². The van der Waals surface area contributed by atoms with E-state index in [0.29, 0.717) is 31.0 Å². The zero-order chi connectivity index (χ0) is 19.6. The highest BCUT2D eigenvalue weighted by Crippen LogP contribution is 2.41. The summed E-state index contributed by atoms with van der Waals surface area (Å²) in [4.78, 5) is 14.0. The molecular formula is C24H29N3O2. The van der Waals surface area contributed by atoms with Crippen molar-refractivity contribution >= 4 is 11.6 Å². The Labute approximate surface area is 172 Å². The molecule has 0 radical (unpaired) electrons. The van der Waals surface area contributed by atoms with Crippen LogP contribution in [0, 0.1) is 0 Å². The maximum absolute atomic E-state index is 11.5. The molecule has 1 saturated heterocycles. The second-order valence-electron chi connectivity index (χ2n) is 8.53. The molecule has 0 aromatic heterocycles. The standard InChI is InChI=1S/C24H29N3O2/c28-24-15-18-14-20(6-7-22(18)26-24)29-13-12-27-10-8-19(9-11-27)25-23-16-21(23)17-4-2-1-3-5-17/h1-7,14,19,21,23,25H,8-13,15-16H2,(H,26,28)/t21?,23-/m1/s1. The molecule has 2 N–H and O–H groups in total. The van der Waals surface area contributed by atoms with E-state index in [1.807, 2.05) is 18.2 Å². The first kappa shape index (κ1) is 18.6. The molecular weight excluding hydrogens is 362 g/mol. The first-order valence-electron chi connectivity index (χ1n) is 10.8. The smallest absolute Gasteiger partial charge is 0.228 e. The molecule has 2 aliphatic heterocycles. The fraction of sp³-hybridized carbons (Fsp3) is 0.458. The fourth-order valence-corrected chi connectivity index (χ4v) is 4.66. The number of hydrogen-bond donors (Lipinski definition) is 2. The number of fused-ring (bicyclic) bond motifs is 1. The Bertz CT molecular complexity index is 862. The van der Waals surface area contributed by atoms with Gasteiger partial charge in [-0.25, -0.2) is 0 Å². The van der Waals surface area contributed by atoms with Gasteiger partial charge in [0.25, 0.3) is 0 Å². The Hall–Kier alpha value is -2.37. The van der Waals surface area contributed by atoms with E-state index in [0.717, 1.165) is 36.6 Å². The number of amides is 1. The summed E-state index contributed by atoms with van der Waals surface area (Å²) in [7, 11) is 0. The molecule has 29 heavy (non-hydrogen) atoms. The number of nitrogens with zero attached hydrogens (tertiary/aromatic N) is 1. The molecule has 2 heterocycles. The minimum Gasteiger partial charge on any atom is -0.492 e. The number of likely N-dealkylation sites (tertiary alicyclic amines) is 1. The van der Waals surface area contributed by atoms with Crippen LogP contribution in [0.15, 0.2) is 48.5 Å². The third-order valence-electron chi connectivity index (χ3n) is 6.43. The summed E-state index contributed by atoms with van der Waals surface area (Å²) in [5, 5.41) is 6.74. The molecule has 3 aliphatic rings. The van der Waals surface area contributed by atoms with Crippen LogP contribution in [0.4, 0.5) is 5.69 Å². The first-order chi connectivity index (χ1) is 14.2. The second kappa shape index (κ2) is 8.17. The normalized spacial score (nSPS) is 24.2. The third kappa shape index (κ3) is 4.46. The predicted octanol–water partition coefficient (Wildman–Crippen LogP) is 3.17. The molecule has 1 aliphatic carbocycles. The molecule has 1 amide bonds. The fourth-order valence-electron chi connectivity index (χ4n) is 4.66. The number of carbonyl (C=O) groups is 1. The Morgan fingerprint density at radius 1 is 1.10 bits per heavy atom. The van der Waals surface area contributed by atoms with Crippen LogP contribution in [0.3, 0.4) is 0 Å². The maximum Gasteiger partial charge on any atom is 0.228 e. The summed E-state index contributed by atoms with van der Waals surface area (Å²) in [6.45, 7) is 3.91. The van der Waals surface area contributed by atoms with E-state index in [1.165, 1.54) is 24.8 Å². The number of hydrogen-bond acceptors (Lipinski definition) is 4. The number of piperidine rings is 1. The molecule has 2 aromatic rings.